The van der Waals surface area contributed by atoms with Crippen molar-refractivity contribution in [3.63, 3.8) is 0 Å². The second-order valence-electron chi connectivity index (χ2n) is 5.18. The third-order valence-electron chi connectivity index (χ3n) is 4.01. The highest BCUT2D eigenvalue weighted by Gasteiger charge is 2.21. The third-order valence-corrected chi connectivity index (χ3v) is 5.19. The van der Waals surface area contributed by atoms with Gasteiger partial charge >= 0.3 is 0 Å². The molecule has 0 unspecified atom stereocenters. The van der Waals surface area contributed by atoms with Crippen molar-refractivity contribution in [2.45, 2.75) is 46.0 Å². The molecule has 0 saturated carbocycles. The van der Waals surface area contributed by atoms with Crippen LogP contribution < -0.4 is 0 Å². The minimum absolute atomic E-state index is 0.911. The Morgan fingerprint density at radius 2 is 2.05 bits per heavy atom. The first kappa shape index (κ1) is 11.3. The van der Waals surface area contributed by atoms with E-state index >= 15 is 0 Å². The second kappa shape index (κ2) is 4.00. The third kappa shape index (κ3) is 1.48. The van der Waals surface area contributed by atoms with E-state index in [1.807, 2.05) is 18.3 Å². The average Bonchev–Trinajstić information content (AvgIpc) is 2.98. The lowest BCUT2D eigenvalue weighted by Crippen LogP contribution is -2.03. The summed E-state index contributed by atoms with van der Waals surface area (Å²) in [5.74, 6) is 2.01. The standard InChI is InChI=1S/C14H16N4S/c1-3-11-15-14-12(13-17-16-8(2)18(11)13)9-6-4-5-7-10(9)19-14/h3-7H2,1-2H3. The SMILES string of the molecule is CCc1nc2sc3c(c2c2nnc(C)n12)CCCC3. The van der Waals surface area contributed by atoms with Gasteiger partial charge in [-0.1, -0.05) is 6.92 Å². The molecule has 0 bridgehead atoms. The molecular weight excluding hydrogens is 256 g/mol. The molecule has 4 rings (SSSR count). The first-order valence-electron chi connectivity index (χ1n) is 6.94. The molecule has 19 heavy (non-hydrogen) atoms. The van der Waals surface area contributed by atoms with Gasteiger partial charge in [0.15, 0.2) is 5.65 Å². The first-order valence-corrected chi connectivity index (χ1v) is 7.76. The molecule has 5 heteroatoms. The minimum atomic E-state index is 0.911. The zero-order valence-corrected chi connectivity index (χ0v) is 12.0. The maximum atomic E-state index is 4.86. The number of rotatable bonds is 1. The number of aromatic nitrogens is 4. The van der Waals surface area contributed by atoms with Crippen molar-refractivity contribution in [3.05, 3.63) is 22.1 Å². The van der Waals surface area contributed by atoms with E-state index in [0.29, 0.717) is 0 Å². The fraction of sp³-hybridized carbons (Fsp3) is 0.500. The van der Waals surface area contributed by atoms with Gasteiger partial charge < -0.3 is 0 Å². The number of thiophene rings is 1. The van der Waals surface area contributed by atoms with Crippen LogP contribution in [0, 0.1) is 6.92 Å². The molecule has 1 aliphatic carbocycles. The fourth-order valence-electron chi connectivity index (χ4n) is 3.10. The van der Waals surface area contributed by atoms with Crippen LogP contribution in [0.5, 0.6) is 0 Å². The highest BCUT2D eigenvalue weighted by Crippen LogP contribution is 2.37. The molecule has 0 radical (unpaired) electrons. The van der Waals surface area contributed by atoms with Crippen LogP contribution in [-0.2, 0) is 19.3 Å². The van der Waals surface area contributed by atoms with Gasteiger partial charge in [0.05, 0.1) is 5.39 Å². The highest BCUT2D eigenvalue weighted by molar-refractivity contribution is 7.19. The quantitative estimate of drug-likeness (QED) is 0.683. The summed E-state index contributed by atoms with van der Waals surface area (Å²) in [5, 5.41) is 9.94. The number of hydrogen-bond donors (Lipinski definition) is 0. The van der Waals surface area contributed by atoms with E-state index in [-0.39, 0.29) is 0 Å². The van der Waals surface area contributed by atoms with E-state index in [4.69, 9.17) is 4.98 Å². The van der Waals surface area contributed by atoms with Gasteiger partial charge in [-0.15, -0.1) is 21.5 Å². The summed E-state index contributed by atoms with van der Waals surface area (Å²) in [6.45, 7) is 4.14. The molecule has 0 fully saturated rings. The number of fused-ring (bicyclic) bond motifs is 5. The molecule has 1 aliphatic rings. The lowest BCUT2D eigenvalue weighted by atomic mass is 9.97. The molecule has 0 aliphatic heterocycles. The molecule has 0 aromatic carbocycles. The van der Waals surface area contributed by atoms with Crippen molar-refractivity contribution in [1.29, 1.82) is 0 Å². The summed E-state index contributed by atoms with van der Waals surface area (Å²) in [5.41, 5.74) is 2.50. The highest BCUT2D eigenvalue weighted by atomic mass is 32.1. The molecular formula is C14H16N4S. The Morgan fingerprint density at radius 3 is 2.89 bits per heavy atom. The van der Waals surface area contributed by atoms with Crippen molar-refractivity contribution in [3.8, 4) is 0 Å². The van der Waals surface area contributed by atoms with Crippen molar-refractivity contribution in [2.24, 2.45) is 0 Å². The van der Waals surface area contributed by atoms with Gasteiger partial charge in [0.2, 0.25) is 0 Å². The van der Waals surface area contributed by atoms with Gasteiger partial charge in [0.1, 0.15) is 16.5 Å². The van der Waals surface area contributed by atoms with Gasteiger partial charge in [0.25, 0.3) is 0 Å². The zero-order valence-electron chi connectivity index (χ0n) is 11.2. The van der Waals surface area contributed by atoms with Crippen LogP contribution >= 0.6 is 11.3 Å². The normalized spacial score (nSPS) is 15.3. The van der Waals surface area contributed by atoms with Gasteiger partial charge in [-0.25, -0.2) is 4.98 Å². The predicted octanol–water partition coefficient (Wildman–Crippen LogP) is 3.09. The Bertz CT molecular complexity index is 784. The molecule has 3 heterocycles. The van der Waals surface area contributed by atoms with E-state index < -0.39 is 0 Å². The van der Waals surface area contributed by atoms with Crippen LogP contribution in [0.1, 0.15) is 41.9 Å². The molecule has 0 N–H and O–H groups in total. The van der Waals surface area contributed by atoms with Crippen molar-refractivity contribution in [1.82, 2.24) is 19.6 Å². The Balaban J connectivity index is 2.19. The van der Waals surface area contributed by atoms with Crippen LogP contribution in [0.3, 0.4) is 0 Å². The van der Waals surface area contributed by atoms with Gasteiger partial charge in [0, 0.05) is 11.3 Å². The summed E-state index contributed by atoms with van der Waals surface area (Å²) < 4.78 is 2.13. The van der Waals surface area contributed by atoms with Gasteiger partial charge in [-0.05, 0) is 38.2 Å². The van der Waals surface area contributed by atoms with Crippen LogP contribution in [0.25, 0.3) is 15.9 Å². The molecule has 0 atom stereocenters. The van der Waals surface area contributed by atoms with Crippen LogP contribution in [-0.4, -0.2) is 19.6 Å². The van der Waals surface area contributed by atoms with E-state index in [1.165, 1.54) is 41.5 Å². The Hall–Kier alpha value is -1.49. The number of nitrogens with zero attached hydrogens (tertiary/aromatic N) is 4. The monoisotopic (exact) mass is 272 g/mol. The largest absolute Gasteiger partial charge is 0.266 e. The van der Waals surface area contributed by atoms with Crippen molar-refractivity contribution >= 4 is 27.2 Å². The molecule has 0 amide bonds. The maximum Gasteiger partial charge on any atom is 0.172 e. The summed E-state index contributed by atoms with van der Waals surface area (Å²) in [6, 6.07) is 0. The van der Waals surface area contributed by atoms with Crippen molar-refractivity contribution < 1.29 is 0 Å². The van der Waals surface area contributed by atoms with Crippen molar-refractivity contribution in [2.75, 3.05) is 0 Å². The van der Waals surface area contributed by atoms with Gasteiger partial charge in [-0.2, -0.15) is 0 Å². The van der Waals surface area contributed by atoms with E-state index in [2.05, 4.69) is 21.5 Å². The predicted molar refractivity (Wildman–Crippen MR) is 76.9 cm³/mol. The summed E-state index contributed by atoms with van der Waals surface area (Å²) in [6.07, 6.45) is 5.88. The first-order chi connectivity index (χ1) is 9.29. The smallest absolute Gasteiger partial charge is 0.172 e. The fourth-order valence-corrected chi connectivity index (χ4v) is 4.37. The van der Waals surface area contributed by atoms with Gasteiger partial charge in [-0.3, -0.25) is 4.40 Å². The molecule has 98 valence electrons. The topological polar surface area (TPSA) is 43.1 Å². The van der Waals surface area contributed by atoms with Crippen LogP contribution in [0.4, 0.5) is 0 Å². The summed E-state index contributed by atoms with van der Waals surface area (Å²) in [4.78, 5) is 7.54. The lowest BCUT2D eigenvalue weighted by Gasteiger charge is -2.10. The Kier molecular flexibility index (Phi) is 2.39. The Labute approximate surface area is 115 Å². The Morgan fingerprint density at radius 1 is 1.21 bits per heavy atom. The number of aryl methyl sites for hydroxylation is 4. The molecule has 0 spiro atoms. The number of hydrogen-bond acceptors (Lipinski definition) is 4. The zero-order chi connectivity index (χ0) is 13.0. The molecule has 3 aromatic rings. The molecule has 0 saturated heterocycles. The van der Waals surface area contributed by atoms with E-state index in [9.17, 15) is 0 Å². The van der Waals surface area contributed by atoms with Crippen LogP contribution in [0.2, 0.25) is 0 Å². The second-order valence-corrected chi connectivity index (χ2v) is 6.26. The molecule has 3 aromatic heterocycles. The molecule has 4 nitrogen and oxygen atoms in total. The van der Waals surface area contributed by atoms with E-state index in [1.54, 1.807) is 0 Å². The van der Waals surface area contributed by atoms with Crippen LogP contribution in [0.15, 0.2) is 0 Å². The lowest BCUT2D eigenvalue weighted by molar-refractivity contribution is 0.700. The maximum absolute atomic E-state index is 4.86. The summed E-state index contributed by atoms with van der Waals surface area (Å²) in [7, 11) is 0. The average molecular weight is 272 g/mol. The summed E-state index contributed by atoms with van der Waals surface area (Å²) >= 11 is 1.86. The minimum Gasteiger partial charge on any atom is -0.266 e. The van der Waals surface area contributed by atoms with E-state index in [0.717, 1.165) is 28.5 Å².